The van der Waals surface area contributed by atoms with Crippen LogP contribution in [0.2, 0.25) is 0 Å². The topological polar surface area (TPSA) is 52.6 Å². The van der Waals surface area contributed by atoms with Gasteiger partial charge in [0, 0.05) is 7.05 Å². The van der Waals surface area contributed by atoms with Gasteiger partial charge in [-0.25, -0.2) is 0 Å². The maximum Gasteiger partial charge on any atom is 0.607 e. The average Bonchev–Trinajstić information content (AvgIpc) is 2.49. The summed E-state index contributed by atoms with van der Waals surface area (Å²) >= 11 is 0. The van der Waals surface area contributed by atoms with Gasteiger partial charge >= 0.3 is 18.6 Å². The Kier molecular flexibility index (Phi) is 2.38. The van der Waals surface area contributed by atoms with E-state index in [1.807, 2.05) is 13.0 Å². The van der Waals surface area contributed by atoms with E-state index in [1.54, 1.807) is 25.2 Å². The fraction of sp³-hybridized carbons (Fsp3) is 0.400. The molecule has 0 unspecified atom stereocenters. The lowest BCUT2D eigenvalue weighted by molar-refractivity contribution is -0.791. The van der Waals surface area contributed by atoms with Gasteiger partial charge in [-0.1, -0.05) is 24.2 Å². The summed E-state index contributed by atoms with van der Waals surface area (Å²) < 4.78 is 10.6. The van der Waals surface area contributed by atoms with Gasteiger partial charge in [-0.15, -0.1) is 0 Å². The first-order valence-corrected chi connectivity index (χ1v) is 5.24. The highest BCUT2D eigenvalue weighted by molar-refractivity contribution is 6.71. The van der Waals surface area contributed by atoms with E-state index in [4.69, 9.17) is 9.31 Å². The molecule has 0 N–H and O–H groups in total. The zero-order valence-corrected chi connectivity index (χ0v) is 9.38. The molecule has 6 heteroatoms. The number of quaternary nitrogens is 1. The minimum atomic E-state index is -1.99. The quantitative estimate of drug-likeness (QED) is 0.494. The molecule has 2 rings (SSSR count). The van der Waals surface area contributed by atoms with Crippen LogP contribution in [0.15, 0.2) is 24.2 Å². The van der Waals surface area contributed by atoms with Gasteiger partial charge in [-0.2, -0.15) is 0 Å². The summed E-state index contributed by atoms with van der Waals surface area (Å²) in [5.74, 6) is 1.04. The van der Waals surface area contributed by atoms with Crippen molar-refractivity contribution in [3.63, 3.8) is 0 Å². The van der Waals surface area contributed by atoms with Gasteiger partial charge in [-0.3, -0.25) is 9.59 Å². The molecule has 2 saturated heterocycles. The lowest BCUT2D eigenvalue weighted by Crippen LogP contribution is -2.58. The van der Waals surface area contributed by atoms with Gasteiger partial charge < -0.3 is 13.7 Å². The van der Waals surface area contributed by atoms with Crippen molar-refractivity contribution in [2.45, 2.75) is 6.92 Å². The normalized spacial score (nSPS) is 38.1. The third-order valence-electron chi connectivity index (χ3n) is 3.11. The number of allylic oxidation sites excluding steroid dienone is 3. The van der Waals surface area contributed by atoms with Crippen molar-refractivity contribution in [2.75, 3.05) is 20.1 Å². The molecule has 0 aliphatic carbocycles. The van der Waals surface area contributed by atoms with Crippen LogP contribution in [0.1, 0.15) is 6.92 Å². The van der Waals surface area contributed by atoms with Crippen molar-refractivity contribution in [1.82, 2.24) is 0 Å². The number of hydrogen-bond donors (Lipinski definition) is 0. The maximum absolute atomic E-state index is 11.3. The van der Waals surface area contributed by atoms with Gasteiger partial charge in [-0.05, 0) is 6.92 Å². The molecular formula is C10H14BNO4. The number of likely N-dealkylation sites (N-methyl/N-ethyl adjacent to an activating group) is 1. The Labute approximate surface area is 93.9 Å². The molecule has 16 heavy (non-hydrogen) atoms. The monoisotopic (exact) mass is 223 g/mol. The van der Waals surface area contributed by atoms with Crippen LogP contribution in [0, 0.1) is 0 Å². The number of fused-ring (bicyclic) bond motifs is 1. The SMILES string of the molecule is C/C=C/C=C\[B-]12OC(=O)C[N+]1(C)CC(=O)O2. The molecule has 2 aliphatic heterocycles. The fourth-order valence-electron chi connectivity index (χ4n) is 2.23. The second-order valence-electron chi connectivity index (χ2n) is 4.41. The van der Waals surface area contributed by atoms with Crippen LogP contribution in [0.4, 0.5) is 0 Å². The van der Waals surface area contributed by atoms with Crippen molar-refractivity contribution in [1.29, 1.82) is 0 Å². The highest BCUT2D eigenvalue weighted by Crippen LogP contribution is 2.34. The van der Waals surface area contributed by atoms with Crippen molar-refractivity contribution in [3.05, 3.63) is 24.2 Å². The molecule has 0 bridgehead atoms. The van der Waals surface area contributed by atoms with Crippen LogP contribution in [-0.2, 0) is 18.9 Å². The molecule has 0 aromatic heterocycles. The lowest BCUT2D eigenvalue weighted by atomic mass is 9.68. The molecule has 2 aliphatic rings. The Morgan fingerprint density at radius 2 is 1.75 bits per heavy atom. The maximum atomic E-state index is 11.3. The first-order valence-electron chi connectivity index (χ1n) is 5.24. The van der Waals surface area contributed by atoms with Crippen molar-refractivity contribution in [2.24, 2.45) is 0 Å². The summed E-state index contributed by atoms with van der Waals surface area (Å²) in [6, 6.07) is 0. The van der Waals surface area contributed by atoms with E-state index in [0.29, 0.717) is 0 Å². The Hall–Kier alpha value is -1.56. The standard InChI is InChI=1S/C10H14BNO4/c1-3-4-5-6-11-12(2,7-9(13)15-11)8-10(14)16-11/h3-6H,7-8H2,1-2H3/b4-3+,6-5-. The second kappa shape index (κ2) is 3.48. The zero-order valence-electron chi connectivity index (χ0n) is 9.38. The van der Waals surface area contributed by atoms with Crippen LogP contribution in [0.3, 0.4) is 0 Å². The molecule has 0 spiro atoms. The summed E-state index contributed by atoms with van der Waals surface area (Å²) in [7, 11) is 1.80. The molecule has 5 nitrogen and oxygen atoms in total. The highest BCUT2D eigenvalue weighted by atomic mass is 16.7. The first kappa shape index (κ1) is 10.9. The molecule has 0 radical (unpaired) electrons. The minimum absolute atomic E-state index is 0.186. The predicted molar refractivity (Wildman–Crippen MR) is 57.8 cm³/mol. The molecular weight excluding hydrogens is 209 g/mol. The first-order chi connectivity index (χ1) is 7.51. The number of hydrogen-bond acceptors (Lipinski definition) is 4. The summed E-state index contributed by atoms with van der Waals surface area (Å²) in [4.78, 5) is 22.7. The van der Waals surface area contributed by atoms with E-state index >= 15 is 0 Å². The van der Waals surface area contributed by atoms with E-state index in [0.717, 1.165) is 0 Å². The molecule has 0 aromatic rings. The van der Waals surface area contributed by atoms with Gasteiger partial charge in [0.05, 0.1) is 0 Å². The van der Waals surface area contributed by atoms with E-state index < -0.39 is 6.69 Å². The molecule has 2 heterocycles. The molecule has 86 valence electrons. The second-order valence-corrected chi connectivity index (χ2v) is 4.41. The predicted octanol–water partition coefficient (Wildman–Crippen LogP) is 0.157. The van der Waals surface area contributed by atoms with Crippen LogP contribution in [-0.4, -0.2) is 43.2 Å². The number of carbonyl (C=O) groups excluding carboxylic acids is 2. The molecule has 0 atom stereocenters. The van der Waals surface area contributed by atoms with Crippen LogP contribution in [0.25, 0.3) is 0 Å². The summed E-state index contributed by atoms with van der Waals surface area (Å²) in [5, 5.41) is 0. The summed E-state index contributed by atoms with van der Waals surface area (Å²) in [6.07, 6.45) is 5.40. The van der Waals surface area contributed by atoms with Gasteiger partial charge in [0.1, 0.15) is 13.1 Å². The Bertz CT molecular complexity index is 382. The number of carbonyl (C=O) groups is 2. The smallest absolute Gasteiger partial charge is 0.596 e. The van der Waals surface area contributed by atoms with Gasteiger partial charge in [0.25, 0.3) is 0 Å². The van der Waals surface area contributed by atoms with Gasteiger partial charge in [0.2, 0.25) is 0 Å². The van der Waals surface area contributed by atoms with Crippen LogP contribution in [0.5, 0.6) is 0 Å². The van der Waals surface area contributed by atoms with Crippen molar-refractivity contribution in [3.8, 4) is 0 Å². The Morgan fingerprint density at radius 3 is 2.25 bits per heavy atom. The third kappa shape index (κ3) is 1.46. The van der Waals surface area contributed by atoms with Crippen molar-refractivity contribution < 1.29 is 23.3 Å². The Balaban J connectivity index is 2.34. The third-order valence-corrected chi connectivity index (χ3v) is 3.11. The average molecular weight is 223 g/mol. The molecule has 0 saturated carbocycles. The minimum Gasteiger partial charge on any atom is -0.596 e. The Morgan fingerprint density at radius 1 is 1.19 bits per heavy atom. The summed E-state index contributed by atoms with van der Waals surface area (Å²) in [6.45, 7) is 0.265. The summed E-state index contributed by atoms with van der Waals surface area (Å²) in [5.41, 5.74) is 0. The number of rotatable bonds is 2. The van der Waals surface area contributed by atoms with Crippen LogP contribution >= 0.6 is 0 Å². The van der Waals surface area contributed by atoms with Crippen molar-refractivity contribution >= 4 is 18.6 Å². The number of nitrogens with zero attached hydrogens (tertiary/aromatic N) is 1. The van der Waals surface area contributed by atoms with Crippen LogP contribution < -0.4 is 0 Å². The molecule has 0 amide bonds. The molecule has 2 fully saturated rings. The fourth-order valence-corrected chi connectivity index (χ4v) is 2.23. The zero-order chi connectivity index (χ0) is 11.8. The van der Waals surface area contributed by atoms with E-state index in [-0.39, 0.29) is 29.4 Å². The van der Waals surface area contributed by atoms with Gasteiger partial charge in [0.15, 0.2) is 0 Å². The molecule has 0 aromatic carbocycles. The lowest BCUT2D eigenvalue weighted by Gasteiger charge is -2.37. The largest absolute Gasteiger partial charge is 0.607 e. The van der Waals surface area contributed by atoms with E-state index in [2.05, 4.69) is 0 Å². The van der Waals surface area contributed by atoms with E-state index in [1.165, 1.54) is 0 Å². The highest BCUT2D eigenvalue weighted by Gasteiger charge is 2.63. The van der Waals surface area contributed by atoms with E-state index in [9.17, 15) is 9.59 Å².